The molecule has 0 aliphatic carbocycles. The van der Waals surface area contributed by atoms with Gasteiger partial charge >= 0.3 is 0 Å². The summed E-state index contributed by atoms with van der Waals surface area (Å²) in [7, 11) is 0. The minimum Gasteiger partial charge on any atom is -0.380 e. The van der Waals surface area contributed by atoms with Gasteiger partial charge in [0.15, 0.2) is 0 Å². The van der Waals surface area contributed by atoms with E-state index in [4.69, 9.17) is 10.5 Å². The highest BCUT2D eigenvalue weighted by atomic mass is 32.1. The standard InChI is InChI=1S/C10H18N2OS/c1-3-4-13-6-9(11)5-10-12-8(2)7-14-10/h7,9H,3-6,11H2,1-2H3. The molecule has 0 aliphatic rings. The molecule has 2 N–H and O–H groups in total. The van der Waals surface area contributed by atoms with Crippen molar-refractivity contribution in [2.75, 3.05) is 13.2 Å². The van der Waals surface area contributed by atoms with Crippen LogP contribution in [-0.4, -0.2) is 24.2 Å². The van der Waals surface area contributed by atoms with Crippen molar-refractivity contribution >= 4 is 11.3 Å². The molecule has 1 rings (SSSR count). The van der Waals surface area contributed by atoms with E-state index in [9.17, 15) is 0 Å². The molecule has 0 radical (unpaired) electrons. The Hall–Kier alpha value is -0.450. The summed E-state index contributed by atoms with van der Waals surface area (Å²) in [5.41, 5.74) is 6.97. The Morgan fingerprint density at radius 2 is 2.43 bits per heavy atom. The van der Waals surface area contributed by atoms with Crippen LogP contribution in [0.4, 0.5) is 0 Å². The molecule has 14 heavy (non-hydrogen) atoms. The van der Waals surface area contributed by atoms with E-state index in [2.05, 4.69) is 17.3 Å². The Morgan fingerprint density at radius 1 is 1.64 bits per heavy atom. The van der Waals surface area contributed by atoms with Gasteiger partial charge in [0, 0.05) is 30.1 Å². The molecule has 0 fully saturated rings. The molecule has 80 valence electrons. The first-order chi connectivity index (χ1) is 6.72. The maximum absolute atomic E-state index is 5.90. The predicted octanol–water partition coefficient (Wildman–Crippen LogP) is 1.75. The van der Waals surface area contributed by atoms with Crippen LogP contribution < -0.4 is 5.73 Å². The molecule has 0 spiro atoms. The van der Waals surface area contributed by atoms with E-state index in [0.717, 1.165) is 30.2 Å². The lowest BCUT2D eigenvalue weighted by molar-refractivity contribution is 0.121. The molecule has 0 saturated carbocycles. The van der Waals surface area contributed by atoms with Crippen molar-refractivity contribution in [1.82, 2.24) is 4.98 Å². The maximum Gasteiger partial charge on any atom is 0.0944 e. The molecule has 0 bridgehead atoms. The Labute approximate surface area is 89.3 Å². The topological polar surface area (TPSA) is 48.1 Å². The Morgan fingerprint density at radius 3 is 3.00 bits per heavy atom. The number of nitrogens with zero attached hydrogens (tertiary/aromatic N) is 1. The van der Waals surface area contributed by atoms with Gasteiger partial charge in [-0.05, 0) is 13.3 Å². The summed E-state index contributed by atoms with van der Waals surface area (Å²) in [5, 5.41) is 3.16. The SMILES string of the molecule is CCCOCC(N)Cc1nc(C)cs1. The van der Waals surface area contributed by atoms with Crippen molar-refractivity contribution in [3.05, 3.63) is 16.1 Å². The zero-order chi connectivity index (χ0) is 10.4. The quantitative estimate of drug-likeness (QED) is 0.734. The van der Waals surface area contributed by atoms with E-state index in [1.807, 2.05) is 6.92 Å². The molecular formula is C10H18N2OS. The van der Waals surface area contributed by atoms with Gasteiger partial charge in [0.05, 0.1) is 11.6 Å². The van der Waals surface area contributed by atoms with Gasteiger partial charge in [-0.1, -0.05) is 6.92 Å². The number of ether oxygens (including phenoxy) is 1. The molecule has 4 heteroatoms. The molecular weight excluding hydrogens is 196 g/mol. The lowest BCUT2D eigenvalue weighted by atomic mass is 10.2. The predicted molar refractivity (Wildman–Crippen MR) is 59.6 cm³/mol. The first kappa shape index (κ1) is 11.6. The van der Waals surface area contributed by atoms with Crippen molar-refractivity contribution in [2.24, 2.45) is 5.73 Å². The van der Waals surface area contributed by atoms with Gasteiger partial charge in [-0.15, -0.1) is 11.3 Å². The zero-order valence-electron chi connectivity index (χ0n) is 8.82. The molecule has 1 aromatic rings. The third-order valence-electron chi connectivity index (χ3n) is 1.78. The summed E-state index contributed by atoms with van der Waals surface area (Å²) in [5.74, 6) is 0. The Bertz CT molecular complexity index is 262. The highest BCUT2D eigenvalue weighted by Crippen LogP contribution is 2.10. The van der Waals surface area contributed by atoms with E-state index >= 15 is 0 Å². The summed E-state index contributed by atoms with van der Waals surface area (Å²) in [6, 6.07) is 0.0760. The van der Waals surface area contributed by atoms with Gasteiger partial charge in [0.1, 0.15) is 0 Å². The smallest absolute Gasteiger partial charge is 0.0944 e. The summed E-state index contributed by atoms with van der Waals surface area (Å²) < 4.78 is 5.38. The fourth-order valence-electron chi connectivity index (χ4n) is 1.16. The number of hydrogen-bond donors (Lipinski definition) is 1. The van der Waals surface area contributed by atoms with Gasteiger partial charge in [-0.2, -0.15) is 0 Å². The van der Waals surface area contributed by atoms with Crippen LogP contribution in [0.15, 0.2) is 5.38 Å². The van der Waals surface area contributed by atoms with E-state index in [1.54, 1.807) is 11.3 Å². The lowest BCUT2D eigenvalue weighted by Gasteiger charge is -2.09. The average molecular weight is 214 g/mol. The average Bonchev–Trinajstić information content (AvgIpc) is 2.52. The number of aromatic nitrogens is 1. The van der Waals surface area contributed by atoms with Crippen LogP contribution in [0.25, 0.3) is 0 Å². The highest BCUT2D eigenvalue weighted by Gasteiger charge is 2.06. The van der Waals surface area contributed by atoms with Crippen molar-refractivity contribution < 1.29 is 4.74 Å². The van der Waals surface area contributed by atoms with Crippen LogP contribution in [0, 0.1) is 6.92 Å². The molecule has 1 unspecified atom stereocenters. The third-order valence-corrected chi connectivity index (χ3v) is 2.77. The summed E-state index contributed by atoms with van der Waals surface area (Å²) >= 11 is 1.67. The van der Waals surface area contributed by atoms with Gasteiger partial charge in [-0.25, -0.2) is 4.98 Å². The fourth-order valence-corrected chi connectivity index (χ4v) is 2.03. The number of hydrogen-bond acceptors (Lipinski definition) is 4. The van der Waals surface area contributed by atoms with Crippen LogP contribution in [0.3, 0.4) is 0 Å². The van der Waals surface area contributed by atoms with Crippen LogP contribution in [-0.2, 0) is 11.2 Å². The minimum absolute atomic E-state index is 0.0760. The van der Waals surface area contributed by atoms with Crippen LogP contribution in [0.2, 0.25) is 0 Å². The molecule has 0 saturated heterocycles. The molecule has 1 atom stereocenters. The van der Waals surface area contributed by atoms with E-state index in [1.165, 1.54) is 0 Å². The van der Waals surface area contributed by atoms with Crippen LogP contribution in [0.1, 0.15) is 24.0 Å². The Balaban J connectivity index is 2.23. The first-order valence-corrected chi connectivity index (χ1v) is 5.84. The second-order valence-corrected chi connectivity index (χ2v) is 4.36. The van der Waals surface area contributed by atoms with Gasteiger partial charge in [0.2, 0.25) is 0 Å². The van der Waals surface area contributed by atoms with Crippen molar-refractivity contribution in [1.29, 1.82) is 0 Å². The molecule has 1 heterocycles. The lowest BCUT2D eigenvalue weighted by Crippen LogP contribution is -2.28. The minimum atomic E-state index is 0.0760. The normalized spacial score (nSPS) is 13.1. The van der Waals surface area contributed by atoms with Crippen LogP contribution in [0.5, 0.6) is 0 Å². The van der Waals surface area contributed by atoms with Gasteiger partial charge < -0.3 is 10.5 Å². The van der Waals surface area contributed by atoms with Gasteiger partial charge in [-0.3, -0.25) is 0 Å². The van der Waals surface area contributed by atoms with Crippen LogP contribution >= 0.6 is 11.3 Å². The molecule has 0 aliphatic heterocycles. The second kappa shape index (κ2) is 6.11. The number of thiazole rings is 1. The highest BCUT2D eigenvalue weighted by molar-refractivity contribution is 7.09. The summed E-state index contributed by atoms with van der Waals surface area (Å²) in [4.78, 5) is 4.36. The number of aryl methyl sites for hydroxylation is 1. The Kier molecular flexibility index (Phi) is 5.07. The molecule has 0 amide bonds. The first-order valence-electron chi connectivity index (χ1n) is 4.96. The van der Waals surface area contributed by atoms with Crippen molar-refractivity contribution in [3.63, 3.8) is 0 Å². The second-order valence-electron chi connectivity index (χ2n) is 3.42. The largest absolute Gasteiger partial charge is 0.380 e. The third kappa shape index (κ3) is 4.17. The summed E-state index contributed by atoms with van der Waals surface area (Å²) in [6.45, 7) is 5.52. The molecule has 0 aromatic carbocycles. The molecule has 1 aromatic heterocycles. The van der Waals surface area contributed by atoms with E-state index < -0.39 is 0 Å². The fraction of sp³-hybridized carbons (Fsp3) is 0.700. The number of nitrogens with two attached hydrogens (primary N) is 1. The van der Waals surface area contributed by atoms with E-state index in [0.29, 0.717) is 6.61 Å². The monoisotopic (exact) mass is 214 g/mol. The van der Waals surface area contributed by atoms with Crippen molar-refractivity contribution in [3.8, 4) is 0 Å². The molecule has 3 nitrogen and oxygen atoms in total. The van der Waals surface area contributed by atoms with Crippen molar-refractivity contribution in [2.45, 2.75) is 32.7 Å². The zero-order valence-corrected chi connectivity index (χ0v) is 9.64. The summed E-state index contributed by atoms with van der Waals surface area (Å²) in [6.07, 6.45) is 1.87. The number of rotatable bonds is 6. The van der Waals surface area contributed by atoms with E-state index in [-0.39, 0.29) is 6.04 Å². The van der Waals surface area contributed by atoms with Gasteiger partial charge in [0.25, 0.3) is 0 Å². The maximum atomic E-state index is 5.90.